The molecule has 0 radical (unpaired) electrons. The molecular weight excluding hydrogens is 356 g/mol. The molecule has 10 heteroatoms. The normalized spacial score (nSPS) is 13.1. The zero-order valence-electron chi connectivity index (χ0n) is 13.8. The molecular formula is C17H10N4O6. The quantitative estimate of drug-likeness (QED) is 0.631. The third kappa shape index (κ3) is 2.42. The number of carbonyl (C=O) groups is 3. The lowest BCUT2D eigenvalue weighted by Gasteiger charge is -2.12. The van der Waals surface area contributed by atoms with E-state index in [9.17, 15) is 24.0 Å². The fourth-order valence-electron chi connectivity index (χ4n) is 2.73. The van der Waals surface area contributed by atoms with E-state index in [1.165, 1.54) is 25.2 Å². The van der Waals surface area contributed by atoms with Crippen LogP contribution >= 0.6 is 0 Å². The van der Waals surface area contributed by atoms with E-state index in [2.05, 4.69) is 9.97 Å². The Bertz CT molecular complexity index is 1240. The molecule has 0 saturated carbocycles. The predicted octanol–water partition coefficient (Wildman–Crippen LogP) is -0.0102. The first-order chi connectivity index (χ1) is 12.9. The molecule has 0 aliphatic carbocycles. The van der Waals surface area contributed by atoms with E-state index in [0.29, 0.717) is 5.06 Å². The number of pyridine rings is 1. The van der Waals surface area contributed by atoms with Crippen molar-refractivity contribution in [2.24, 2.45) is 7.05 Å². The van der Waals surface area contributed by atoms with Gasteiger partial charge in [-0.2, -0.15) is 0 Å². The number of carbonyl (C=O) groups excluding carboxylic acids is 3. The Labute approximate surface area is 149 Å². The number of imide groups is 1. The Morgan fingerprint density at radius 1 is 1.07 bits per heavy atom. The predicted molar refractivity (Wildman–Crippen MR) is 90.0 cm³/mol. The summed E-state index contributed by atoms with van der Waals surface area (Å²) in [6, 6.07) is 7.22. The maximum absolute atomic E-state index is 12.4. The minimum absolute atomic E-state index is 0.0195. The van der Waals surface area contributed by atoms with Gasteiger partial charge in [-0.3, -0.25) is 23.9 Å². The van der Waals surface area contributed by atoms with Crippen molar-refractivity contribution in [3.05, 3.63) is 74.1 Å². The van der Waals surface area contributed by atoms with Crippen molar-refractivity contribution in [1.82, 2.24) is 19.6 Å². The van der Waals surface area contributed by atoms with E-state index in [1.54, 1.807) is 12.1 Å². The van der Waals surface area contributed by atoms with Gasteiger partial charge in [0, 0.05) is 13.2 Å². The Morgan fingerprint density at radius 2 is 1.70 bits per heavy atom. The third-order valence-electron chi connectivity index (χ3n) is 4.12. The van der Waals surface area contributed by atoms with Gasteiger partial charge < -0.3 is 4.84 Å². The molecule has 3 heterocycles. The fraction of sp³-hybridized carbons (Fsp3) is 0.0588. The van der Waals surface area contributed by atoms with Crippen LogP contribution in [0.2, 0.25) is 0 Å². The number of nitrogens with one attached hydrogen (secondary N) is 1. The van der Waals surface area contributed by atoms with Crippen molar-refractivity contribution in [1.29, 1.82) is 0 Å². The van der Waals surface area contributed by atoms with Gasteiger partial charge in [0.15, 0.2) is 0 Å². The van der Waals surface area contributed by atoms with Crippen LogP contribution in [0.15, 0.2) is 46.1 Å². The first-order valence-corrected chi connectivity index (χ1v) is 7.67. The maximum atomic E-state index is 12.4. The SMILES string of the molecule is Cn1c(=O)[nH]c(=O)c2cc(C(=O)ON3C(=O)c4ccccc4C3=O)cnc21. The van der Waals surface area contributed by atoms with E-state index in [1.807, 2.05) is 0 Å². The van der Waals surface area contributed by atoms with Crippen LogP contribution in [0.25, 0.3) is 11.0 Å². The number of rotatable bonds is 2. The number of aromatic amines is 1. The third-order valence-corrected chi connectivity index (χ3v) is 4.12. The number of hydroxylamine groups is 2. The number of hydrogen-bond donors (Lipinski definition) is 1. The summed E-state index contributed by atoms with van der Waals surface area (Å²) in [4.78, 5) is 71.3. The second kappa shape index (κ2) is 5.73. The molecule has 1 aromatic carbocycles. The monoisotopic (exact) mass is 366 g/mol. The lowest BCUT2D eigenvalue weighted by molar-refractivity contribution is -0.0584. The van der Waals surface area contributed by atoms with E-state index in [4.69, 9.17) is 4.84 Å². The molecule has 0 saturated heterocycles. The van der Waals surface area contributed by atoms with Crippen molar-refractivity contribution in [3.8, 4) is 0 Å². The van der Waals surface area contributed by atoms with E-state index in [0.717, 1.165) is 10.8 Å². The highest BCUT2D eigenvalue weighted by Crippen LogP contribution is 2.23. The summed E-state index contributed by atoms with van der Waals surface area (Å²) in [7, 11) is 1.41. The summed E-state index contributed by atoms with van der Waals surface area (Å²) in [5.41, 5.74) is -1.22. The molecule has 134 valence electrons. The van der Waals surface area contributed by atoms with Crippen LogP contribution in [0.5, 0.6) is 0 Å². The number of fused-ring (bicyclic) bond motifs is 2. The van der Waals surface area contributed by atoms with Gasteiger partial charge in [0.1, 0.15) is 5.65 Å². The molecule has 0 spiro atoms. The molecule has 0 fully saturated rings. The smallest absolute Gasteiger partial charge is 0.324 e. The first kappa shape index (κ1) is 16.4. The molecule has 2 aromatic heterocycles. The van der Waals surface area contributed by atoms with Gasteiger partial charge in [0.2, 0.25) is 0 Å². The van der Waals surface area contributed by atoms with Gasteiger partial charge in [-0.25, -0.2) is 14.6 Å². The Hall–Kier alpha value is -4.08. The van der Waals surface area contributed by atoms with E-state index < -0.39 is 29.0 Å². The average molecular weight is 366 g/mol. The lowest BCUT2D eigenvalue weighted by atomic mass is 10.1. The number of hydrogen-bond acceptors (Lipinski definition) is 7. The second-order valence-corrected chi connectivity index (χ2v) is 5.74. The lowest BCUT2D eigenvalue weighted by Crippen LogP contribution is -2.33. The topological polar surface area (TPSA) is 131 Å². The zero-order valence-corrected chi connectivity index (χ0v) is 13.8. The molecule has 0 bridgehead atoms. The van der Waals surface area contributed by atoms with Crippen molar-refractivity contribution in [2.45, 2.75) is 0 Å². The number of amides is 2. The minimum atomic E-state index is -1.05. The highest BCUT2D eigenvalue weighted by Gasteiger charge is 2.38. The molecule has 3 aromatic rings. The van der Waals surface area contributed by atoms with Crippen molar-refractivity contribution in [3.63, 3.8) is 0 Å². The number of benzene rings is 1. The Balaban J connectivity index is 1.69. The zero-order chi connectivity index (χ0) is 19.3. The molecule has 0 atom stereocenters. The largest absolute Gasteiger partial charge is 0.365 e. The number of H-pyrrole nitrogens is 1. The summed E-state index contributed by atoms with van der Waals surface area (Å²) in [5, 5.41) is 0.344. The Kier molecular flexibility index (Phi) is 3.48. The van der Waals surface area contributed by atoms with Gasteiger partial charge in [-0.05, 0) is 18.2 Å². The molecule has 1 aliphatic heterocycles. The molecule has 1 aliphatic rings. The summed E-state index contributed by atoms with van der Waals surface area (Å²) >= 11 is 0. The average Bonchev–Trinajstić information content (AvgIpc) is 2.91. The molecule has 1 N–H and O–H groups in total. The van der Waals surface area contributed by atoms with Crippen LogP contribution < -0.4 is 11.2 Å². The van der Waals surface area contributed by atoms with E-state index in [-0.39, 0.29) is 27.7 Å². The van der Waals surface area contributed by atoms with Crippen LogP contribution in [0.3, 0.4) is 0 Å². The number of aromatic nitrogens is 3. The van der Waals surface area contributed by atoms with Crippen LogP contribution in [-0.4, -0.2) is 37.4 Å². The van der Waals surface area contributed by atoms with Crippen LogP contribution in [0.1, 0.15) is 31.1 Å². The van der Waals surface area contributed by atoms with Crippen molar-refractivity contribution < 1.29 is 19.2 Å². The summed E-state index contributed by atoms with van der Waals surface area (Å²) < 4.78 is 1.11. The molecule has 27 heavy (non-hydrogen) atoms. The molecule has 2 amide bonds. The fourth-order valence-corrected chi connectivity index (χ4v) is 2.73. The second-order valence-electron chi connectivity index (χ2n) is 5.74. The molecule has 0 unspecified atom stereocenters. The van der Waals surface area contributed by atoms with E-state index >= 15 is 0 Å². The van der Waals surface area contributed by atoms with Crippen LogP contribution in [0, 0.1) is 0 Å². The van der Waals surface area contributed by atoms with Gasteiger partial charge in [-0.1, -0.05) is 17.2 Å². The molecule has 4 rings (SSSR count). The van der Waals surface area contributed by atoms with Gasteiger partial charge >= 0.3 is 11.7 Å². The number of aryl methyl sites for hydroxylation is 1. The minimum Gasteiger partial charge on any atom is -0.324 e. The summed E-state index contributed by atoms with van der Waals surface area (Å²) in [6.45, 7) is 0. The number of nitrogens with zero attached hydrogens (tertiary/aromatic N) is 3. The van der Waals surface area contributed by atoms with Gasteiger partial charge in [-0.15, -0.1) is 0 Å². The Morgan fingerprint density at radius 3 is 2.33 bits per heavy atom. The highest BCUT2D eigenvalue weighted by molar-refractivity contribution is 6.21. The standard InChI is InChI=1S/C17H10N4O6/c1-20-12-11(13(22)19-17(20)26)6-8(7-18-12)16(25)27-21-14(23)9-4-2-3-5-10(9)15(21)24/h2-7H,1H3,(H,19,22,26). The summed E-state index contributed by atoms with van der Waals surface area (Å²) in [6.07, 6.45) is 1.09. The van der Waals surface area contributed by atoms with Crippen molar-refractivity contribution in [2.75, 3.05) is 0 Å². The first-order valence-electron chi connectivity index (χ1n) is 7.67. The summed E-state index contributed by atoms with van der Waals surface area (Å²) in [5.74, 6) is -2.58. The van der Waals surface area contributed by atoms with Crippen molar-refractivity contribution >= 4 is 28.8 Å². The molecule has 10 nitrogen and oxygen atoms in total. The van der Waals surface area contributed by atoms with Crippen LogP contribution in [-0.2, 0) is 11.9 Å². The maximum Gasteiger partial charge on any atom is 0.365 e. The van der Waals surface area contributed by atoms with Gasteiger partial charge in [0.25, 0.3) is 17.4 Å². The highest BCUT2D eigenvalue weighted by atomic mass is 16.7. The van der Waals surface area contributed by atoms with Crippen LogP contribution in [0.4, 0.5) is 0 Å². The van der Waals surface area contributed by atoms with Gasteiger partial charge in [0.05, 0.1) is 22.1 Å².